The van der Waals surface area contributed by atoms with Crippen molar-refractivity contribution in [2.45, 2.75) is 79.0 Å². The molecule has 0 radical (unpaired) electrons. The fourth-order valence-electron chi connectivity index (χ4n) is 4.02. The van der Waals surface area contributed by atoms with Gasteiger partial charge in [-0.05, 0) is 27.8 Å². The number of hydrogen-bond donors (Lipinski definition) is 2. The van der Waals surface area contributed by atoms with Crippen LogP contribution in [0.3, 0.4) is 0 Å². The molecule has 212 valence electrons. The zero-order valence-corrected chi connectivity index (χ0v) is 24.3. The van der Waals surface area contributed by atoms with E-state index >= 15 is 0 Å². The molecule has 1 fully saturated rings. The molecule has 1 aromatic carbocycles. The Kier molecular flexibility index (Phi) is 11.1. The topological polar surface area (TPSA) is 134 Å². The van der Waals surface area contributed by atoms with E-state index in [1.165, 1.54) is 6.92 Å². The van der Waals surface area contributed by atoms with E-state index in [0.717, 1.165) is 9.51 Å². The maximum absolute atomic E-state index is 13.6. The van der Waals surface area contributed by atoms with E-state index in [1.54, 1.807) is 26.0 Å². The first-order valence-electron chi connectivity index (χ1n) is 13.0. The summed E-state index contributed by atoms with van der Waals surface area (Å²) in [5.41, 5.74) is -1.37. The van der Waals surface area contributed by atoms with Gasteiger partial charge in [-0.25, -0.2) is 4.99 Å². The van der Waals surface area contributed by atoms with Gasteiger partial charge in [0.2, 0.25) is 5.91 Å². The molecule has 1 heterocycles. The lowest BCUT2D eigenvalue weighted by Crippen LogP contribution is -2.52. The van der Waals surface area contributed by atoms with Crippen LogP contribution in [-0.4, -0.2) is 57.9 Å². The van der Waals surface area contributed by atoms with E-state index in [-0.39, 0.29) is 37.0 Å². The zero-order chi connectivity index (χ0) is 29.4. The van der Waals surface area contributed by atoms with Crippen molar-refractivity contribution in [3.8, 4) is 0 Å². The normalized spacial score (nSPS) is 18.1. The smallest absolute Gasteiger partial charge is 0.406 e. The fraction of sp³-hybridized carbons (Fsp3) is 0.571. The molecule has 2 rings (SSSR count). The second-order valence-electron chi connectivity index (χ2n) is 11.5. The highest BCUT2D eigenvalue weighted by atomic mass is 32.1. The fourth-order valence-corrected chi connectivity index (χ4v) is 4.36. The maximum atomic E-state index is 13.6. The van der Waals surface area contributed by atoms with Crippen molar-refractivity contribution in [3.63, 3.8) is 0 Å². The van der Waals surface area contributed by atoms with Crippen LogP contribution < -0.4 is 10.6 Å². The summed E-state index contributed by atoms with van der Waals surface area (Å²) < 4.78 is 6.14. The van der Waals surface area contributed by atoms with Crippen LogP contribution in [-0.2, 0) is 42.9 Å². The van der Waals surface area contributed by atoms with E-state index < -0.39 is 40.8 Å². The molecule has 1 saturated heterocycles. The molecule has 1 aliphatic heterocycles. The maximum Gasteiger partial charge on any atom is 0.612 e. The van der Waals surface area contributed by atoms with E-state index in [1.807, 2.05) is 39.0 Å². The van der Waals surface area contributed by atoms with Crippen molar-refractivity contribution in [3.05, 3.63) is 35.9 Å². The number of carbonyl (C=O) groups excluding carboxylic acids is 5. The molecular formula is C28H39N4O6S+. The lowest BCUT2D eigenvalue weighted by Gasteiger charge is -2.25. The number of aliphatic imine (C=N–C) groups is 1. The van der Waals surface area contributed by atoms with Crippen molar-refractivity contribution >= 4 is 48.2 Å². The average molecular weight is 560 g/mol. The minimum absolute atomic E-state index is 0.0256. The third-order valence-corrected chi connectivity index (χ3v) is 7.26. The summed E-state index contributed by atoms with van der Waals surface area (Å²) in [6.07, 6.45) is 0.527. The summed E-state index contributed by atoms with van der Waals surface area (Å²) >= 11 is 5.35. The number of nitrogens with one attached hydrogen (secondary N) is 2. The van der Waals surface area contributed by atoms with Gasteiger partial charge in [-0.15, -0.1) is 0 Å². The number of rotatable bonds is 11. The number of benzene rings is 1. The first-order chi connectivity index (χ1) is 18.2. The Bertz CT molecular complexity index is 1130. The molecule has 39 heavy (non-hydrogen) atoms. The largest absolute Gasteiger partial charge is 0.612 e. The zero-order valence-electron chi connectivity index (χ0n) is 23.5. The molecule has 10 nitrogen and oxygen atoms in total. The first-order valence-corrected chi connectivity index (χ1v) is 13.4. The van der Waals surface area contributed by atoms with Gasteiger partial charge in [-0.1, -0.05) is 65.0 Å². The summed E-state index contributed by atoms with van der Waals surface area (Å²) in [4.78, 5) is 67.5. The Labute approximate surface area is 235 Å². The Morgan fingerprint density at radius 2 is 1.85 bits per heavy atom. The van der Waals surface area contributed by atoms with Crippen molar-refractivity contribution in [1.82, 2.24) is 10.6 Å². The first kappa shape index (κ1) is 31.9. The van der Waals surface area contributed by atoms with Gasteiger partial charge in [0.05, 0.1) is 6.04 Å². The van der Waals surface area contributed by atoms with E-state index in [9.17, 15) is 24.0 Å². The Hall–Kier alpha value is -3.34. The summed E-state index contributed by atoms with van der Waals surface area (Å²) in [7, 11) is 0. The number of hydrogen-bond acceptors (Lipinski definition) is 7. The van der Waals surface area contributed by atoms with Crippen LogP contribution >= 0.6 is 0 Å². The summed E-state index contributed by atoms with van der Waals surface area (Å²) in [6, 6.07) is 8.12. The van der Waals surface area contributed by atoms with Gasteiger partial charge in [0.25, 0.3) is 23.9 Å². The third kappa shape index (κ3) is 8.84. The third-order valence-electron chi connectivity index (χ3n) is 6.73. The van der Waals surface area contributed by atoms with Gasteiger partial charge < -0.3 is 20.2 Å². The number of carbonyl (C=O) groups is 5. The number of nitrogens with zero attached hydrogens (tertiary/aromatic N) is 2. The molecule has 0 bridgehead atoms. The van der Waals surface area contributed by atoms with Crippen LogP contribution in [0.15, 0.2) is 35.3 Å². The molecule has 1 aliphatic rings. The molecule has 3 atom stereocenters. The van der Waals surface area contributed by atoms with Gasteiger partial charge in [0.1, 0.15) is 18.6 Å². The van der Waals surface area contributed by atoms with Gasteiger partial charge in [0, 0.05) is 31.7 Å². The minimum atomic E-state index is -1.60. The number of amides is 4. The highest BCUT2D eigenvalue weighted by molar-refractivity contribution is 7.44. The standard InChI is InChI=1S/C28H38N4O6S/c1-18(2)28(6,32(39)26(37)38-17-19-10-8-7-9-11-19)25(36)31-22(15-27(3,4)5)24(35)30-21(16-33)14-20-12-13-29-23(20)34/h7-11,16,18,20-21H,12-15,17H2,1-6H3,(H-,29,30,34,35)/p+1/t20-,21-,28-/m0/s1. The summed E-state index contributed by atoms with van der Waals surface area (Å²) in [5.74, 6) is -2.49. The number of aldehydes is 1. The predicted molar refractivity (Wildman–Crippen MR) is 148 cm³/mol. The number of ether oxygens (including phenoxy) is 1. The minimum Gasteiger partial charge on any atom is -0.406 e. The average Bonchev–Trinajstić information content (AvgIpc) is 3.28. The molecule has 1 aromatic rings. The van der Waals surface area contributed by atoms with Crippen LogP contribution in [0.5, 0.6) is 0 Å². The van der Waals surface area contributed by atoms with Crippen molar-refractivity contribution in [2.24, 2.45) is 22.2 Å². The molecule has 2 N–H and O–H groups in total. The molecule has 0 spiro atoms. The Morgan fingerprint density at radius 3 is 2.36 bits per heavy atom. The highest BCUT2D eigenvalue weighted by Crippen LogP contribution is 2.26. The van der Waals surface area contributed by atoms with Gasteiger partial charge >= 0.3 is 12.0 Å². The monoisotopic (exact) mass is 559 g/mol. The van der Waals surface area contributed by atoms with Crippen LogP contribution in [0.1, 0.15) is 66.4 Å². The van der Waals surface area contributed by atoms with Gasteiger partial charge in [-0.2, -0.15) is 4.79 Å². The molecule has 0 saturated carbocycles. The van der Waals surface area contributed by atoms with Crippen molar-refractivity contribution < 1.29 is 32.7 Å². The second kappa shape index (κ2) is 13.6. The van der Waals surface area contributed by atoms with Crippen LogP contribution in [0.4, 0.5) is 4.79 Å². The second-order valence-corrected chi connectivity index (χ2v) is 11.8. The molecule has 0 unspecified atom stereocenters. The Balaban J connectivity index is 2.28. The lowest BCUT2D eigenvalue weighted by atomic mass is 9.86. The molecule has 11 heteroatoms. The van der Waals surface area contributed by atoms with E-state index in [2.05, 4.69) is 15.6 Å². The van der Waals surface area contributed by atoms with Crippen LogP contribution in [0, 0.1) is 17.3 Å². The van der Waals surface area contributed by atoms with Gasteiger partial charge in [-0.3, -0.25) is 14.4 Å². The summed E-state index contributed by atoms with van der Waals surface area (Å²) in [6.45, 7) is 11.0. The summed E-state index contributed by atoms with van der Waals surface area (Å²) in [5, 5.41) is 5.32. The van der Waals surface area contributed by atoms with Crippen molar-refractivity contribution in [2.75, 3.05) is 6.54 Å². The SMILES string of the molecule is CC(C)[C@@](C)(C(=O)N=C(CC(C)(C)C)C(=O)N[C@H](C=O)C[C@@H]1CCNC1=O)[N+](=S)C(=O)OCc1ccccc1. The van der Waals surface area contributed by atoms with Crippen LogP contribution in [0.25, 0.3) is 0 Å². The lowest BCUT2D eigenvalue weighted by molar-refractivity contribution is -0.497. The van der Waals surface area contributed by atoms with E-state index in [4.69, 9.17) is 17.2 Å². The Morgan fingerprint density at radius 1 is 1.21 bits per heavy atom. The molecule has 0 aromatic heterocycles. The van der Waals surface area contributed by atoms with E-state index in [0.29, 0.717) is 19.3 Å². The van der Waals surface area contributed by atoms with Gasteiger partial charge in [0.15, 0.2) is 0 Å². The van der Waals surface area contributed by atoms with Crippen molar-refractivity contribution in [1.29, 1.82) is 0 Å². The molecule has 0 aliphatic carbocycles. The van der Waals surface area contributed by atoms with Crippen LogP contribution in [0.2, 0.25) is 0 Å². The predicted octanol–water partition coefficient (Wildman–Crippen LogP) is 3.09. The molecule has 4 amide bonds. The molecular weight excluding hydrogens is 520 g/mol. The highest BCUT2D eigenvalue weighted by Gasteiger charge is 2.53. The quantitative estimate of drug-likeness (QED) is 0.242.